The molecule has 1 N–H and O–H groups in total. The van der Waals surface area contributed by atoms with Gasteiger partial charge in [0.1, 0.15) is 10.7 Å². The van der Waals surface area contributed by atoms with Gasteiger partial charge in [0.05, 0.1) is 0 Å². The summed E-state index contributed by atoms with van der Waals surface area (Å²) in [6, 6.07) is 2.13. The van der Waals surface area contributed by atoms with Gasteiger partial charge in [-0.1, -0.05) is 11.6 Å². The SMILES string of the molecule is Cc1c(Cl)ccc(S(=O)(=O)O)c1F. The number of rotatable bonds is 1. The Balaban J connectivity index is 3.53. The Morgan fingerprint density at radius 3 is 2.46 bits per heavy atom. The van der Waals surface area contributed by atoms with E-state index in [4.69, 9.17) is 16.2 Å². The predicted octanol–water partition coefficient (Wildman–Crippen LogP) is 2.03. The zero-order chi connectivity index (χ0) is 10.2. The van der Waals surface area contributed by atoms with Crippen LogP contribution in [0.25, 0.3) is 0 Å². The average molecular weight is 225 g/mol. The van der Waals surface area contributed by atoms with Crippen molar-refractivity contribution < 1.29 is 17.4 Å². The molecule has 0 saturated heterocycles. The highest BCUT2D eigenvalue weighted by atomic mass is 35.5. The van der Waals surface area contributed by atoms with E-state index in [0.29, 0.717) is 0 Å². The van der Waals surface area contributed by atoms with Gasteiger partial charge in [-0.05, 0) is 19.1 Å². The van der Waals surface area contributed by atoms with Crippen LogP contribution < -0.4 is 0 Å². The van der Waals surface area contributed by atoms with Gasteiger partial charge >= 0.3 is 0 Å². The highest BCUT2D eigenvalue weighted by Crippen LogP contribution is 2.23. The molecular formula is C7H6ClFO3S. The summed E-state index contributed by atoms with van der Waals surface area (Å²) in [5, 5.41) is 0.116. The van der Waals surface area contributed by atoms with E-state index < -0.39 is 20.8 Å². The molecule has 0 saturated carbocycles. The van der Waals surface area contributed by atoms with Gasteiger partial charge in [0.2, 0.25) is 0 Å². The molecule has 6 heteroatoms. The lowest BCUT2D eigenvalue weighted by atomic mass is 10.2. The lowest BCUT2D eigenvalue weighted by Gasteiger charge is -2.03. The molecule has 0 aliphatic heterocycles. The minimum absolute atomic E-state index is 0.00297. The Morgan fingerprint density at radius 1 is 1.46 bits per heavy atom. The maximum atomic E-state index is 13.1. The second-order valence-electron chi connectivity index (χ2n) is 2.46. The van der Waals surface area contributed by atoms with Gasteiger partial charge in [-0.15, -0.1) is 0 Å². The van der Waals surface area contributed by atoms with Crippen molar-refractivity contribution in [2.24, 2.45) is 0 Å². The lowest BCUT2D eigenvalue weighted by molar-refractivity contribution is 0.472. The molecule has 0 aliphatic rings. The topological polar surface area (TPSA) is 54.4 Å². The van der Waals surface area contributed by atoms with Crippen molar-refractivity contribution in [2.75, 3.05) is 0 Å². The first-order chi connectivity index (χ1) is 5.84. The van der Waals surface area contributed by atoms with Crippen LogP contribution in [-0.2, 0) is 10.1 Å². The molecule has 0 radical (unpaired) electrons. The zero-order valence-electron chi connectivity index (χ0n) is 6.58. The van der Waals surface area contributed by atoms with Crippen molar-refractivity contribution in [3.05, 3.63) is 28.5 Å². The van der Waals surface area contributed by atoms with Crippen molar-refractivity contribution >= 4 is 21.7 Å². The Morgan fingerprint density at radius 2 is 2.00 bits per heavy atom. The highest BCUT2D eigenvalue weighted by Gasteiger charge is 2.18. The van der Waals surface area contributed by atoms with Crippen LogP contribution in [0.3, 0.4) is 0 Å². The van der Waals surface area contributed by atoms with Crippen molar-refractivity contribution in [2.45, 2.75) is 11.8 Å². The molecule has 0 aliphatic carbocycles. The van der Waals surface area contributed by atoms with Gasteiger partial charge in [-0.2, -0.15) is 8.42 Å². The Hall–Kier alpha value is -0.650. The fourth-order valence-corrected chi connectivity index (χ4v) is 1.60. The molecular weight excluding hydrogens is 219 g/mol. The Kier molecular flexibility index (Phi) is 2.61. The lowest BCUT2D eigenvalue weighted by Crippen LogP contribution is -2.03. The third-order valence-electron chi connectivity index (χ3n) is 1.56. The van der Waals surface area contributed by atoms with E-state index in [1.807, 2.05) is 0 Å². The fourth-order valence-electron chi connectivity index (χ4n) is 0.836. The van der Waals surface area contributed by atoms with Crippen LogP contribution in [0.15, 0.2) is 17.0 Å². The quantitative estimate of drug-likeness (QED) is 0.743. The van der Waals surface area contributed by atoms with Crippen LogP contribution in [0, 0.1) is 12.7 Å². The third-order valence-corrected chi connectivity index (χ3v) is 2.84. The maximum absolute atomic E-state index is 13.1. The smallest absolute Gasteiger partial charge is 0.282 e. The average Bonchev–Trinajstić information content (AvgIpc) is 1.98. The molecule has 0 heterocycles. The van der Waals surface area contributed by atoms with E-state index in [2.05, 4.69) is 0 Å². The van der Waals surface area contributed by atoms with Gasteiger partial charge < -0.3 is 0 Å². The zero-order valence-corrected chi connectivity index (χ0v) is 8.16. The molecule has 0 amide bonds. The van der Waals surface area contributed by atoms with E-state index in [-0.39, 0.29) is 10.6 Å². The Labute approximate surface area is 79.9 Å². The summed E-state index contributed by atoms with van der Waals surface area (Å²) in [5.41, 5.74) is -0.00297. The van der Waals surface area contributed by atoms with E-state index in [1.54, 1.807) is 0 Å². The summed E-state index contributed by atoms with van der Waals surface area (Å²) >= 11 is 5.52. The Bertz CT molecular complexity index is 441. The van der Waals surface area contributed by atoms with Crippen LogP contribution in [0.1, 0.15) is 5.56 Å². The number of hydrogen-bond acceptors (Lipinski definition) is 2. The second kappa shape index (κ2) is 3.25. The van der Waals surface area contributed by atoms with Crippen molar-refractivity contribution in [3.8, 4) is 0 Å². The van der Waals surface area contributed by atoms with Crippen LogP contribution in [0.4, 0.5) is 4.39 Å². The summed E-state index contributed by atoms with van der Waals surface area (Å²) in [7, 11) is -4.51. The van der Waals surface area contributed by atoms with Crippen molar-refractivity contribution in [1.82, 2.24) is 0 Å². The summed E-state index contributed by atoms with van der Waals surface area (Å²) < 4.78 is 42.9. The molecule has 0 unspecified atom stereocenters. The van der Waals surface area contributed by atoms with E-state index in [1.165, 1.54) is 13.0 Å². The molecule has 1 rings (SSSR count). The molecule has 1 aromatic rings. The number of hydrogen-bond donors (Lipinski definition) is 1. The fraction of sp³-hybridized carbons (Fsp3) is 0.143. The van der Waals surface area contributed by atoms with Crippen molar-refractivity contribution in [3.63, 3.8) is 0 Å². The summed E-state index contributed by atoms with van der Waals surface area (Å²) in [5.74, 6) is -1.02. The van der Waals surface area contributed by atoms with Crippen molar-refractivity contribution in [1.29, 1.82) is 0 Å². The van der Waals surface area contributed by atoms with Gasteiger partial charge in [0.25, 0.3) is 10.1 Å². The van der Waals surface area contributed by atoms with Gasteiger partial charge in [-0.25, -0.2) is 4.39 Å². The normalized spacial score (nSPS) is 11.7. The minimum atomic E-state index is -4.51. The predicted molar refractivity (Wildman–Crippen MR) is 46.0 cm³/mol. The summed E-state index contributed by atoms with van der Waals surface area (Å²) in [6.07, 6.45) is 0. The van der Waals surface area contributed by atoms with Crippen LogP contribution >= 0.6 is 11.6 Å². The largest absolute Gasteiger partial charge is 0.297 e. The van der Waals surface area contributed by atoms with Crippen LogP contribution in [-0.4, -0.2) is 13.0 Å². The van der Waals surface area contributed by atoms with Gasteiger partial charge in [0.15, 0.2) is 0 Å². The molecule has 1 aromatic carbocycles. The molecule has 0 atom stereocenters. The molecule has 72 valence electrons. The molecule has 0 aromatic heterocycles. The monoisotopic (exact) mass is 224 g/mol. The summed E-state index contributed by atoms with van der Waals surface area (Å²) in [6.45, 7) is 1.33. The first-order valence-corrected chi connectivity index (χ1v) is 5.08. The second-order valence-corrected chi connectivity index (χ2v) is 4.26. The van der Waals surface area contributed by atoms with Crippen LogP contribution in [0.2, 0.25) is 5.02 Å². The van der Waals surface area contributed by atoms with Gasteiger partial charge in [-0.3, -0.25) is 4.55 Å². The molecule has 0 fully saturated rings. The molecule has 3 nitrogen and oxygen atoms in total. The van der Waals surface area contributed by atoms with Crippen LogP contribution in [0.5, 0.6) is 0 Å². The highest BCUT2D eigenvalue weighted by molar-refractivity contribution is 7.85. The van der Waals surface area contributed by atoms with E-state index in [0.717, 1.165) is 6.07 Å². The first kappa shape index (κ1) is 10.4. The molecule has 0 bridgehead atoms. The van der Waals surface area contributed by atoms with E-state index in [9.17, 15) is 12.8 Å². The number of halogens is 2. The molecule has 13 heavy (non-hydrogen) atoms. The molecule has 0 spiro atoms. The maximum Gasteiger partial charge on any atom is 0.297 e. The minimum Gasteiger partial charge on any atom is -0.282 e. The third kappa shape index (κ3) is 1.99. The number of benzene rings is 1. The van der Waals surface area contributed by atoms with E-state index >= 15 is 0 Å². The first-order valence-electron chi connectivity index (χ1n) is 3.26. The van der Waals surface area contributed by atoms with Gasteiger partial charge in [0, 0.05) is 10.6 Å². The standard InChI is InChI=1S/C7H6ClFO3S/c1-4-5(8)2-3-6(7(4)9)13(10,11)12/h2-3H,1H3,(H,10,11,12). The summed E-state index contributed by atoms with van der Waals surface area (Å²) in [4.78, 5) is -0.755.